The third kappa shape index (κ3) is 8.07. The van der Waals surface area contributed by atoms with Crippen LogP contribution in [0.3, 0.4) is 0 Å². The summed E-state index contributed by atoms with van der Waals surface area (Å²) in [5.74, 6) is -0.758. The summed E-state index contributed by atoms with van der Waals surface area (Å²) in [7, 11) is 0. The molecule has 0 aliphatic heterocycles. The fourth-order valence-electron chi connectivity index (χ4n) is 4.63. The Balaban J connectivity index is 1.74. The van der Waals surface area contributed by atoms with Crippen LogP contribution in [0.2, 0.25) is 5.02 Å². The zero-order valence-corrected chi connectivity index (χ0v) is 28.0. The van der Waals surface area contributed by atoms with E-state index in [4.69, 9.17) is 23.2 Å². The maximum Gasteiger partial charge on any atom is 0.274 e. The highest BCUT2D eigenvalue weighted by Gasteiger charge is 2.25. The van der Waals surface area contributed by atoms with Gasteiger partial charge in [0.2, 0.25) is 0 Å². The molecule has 1 aromatic carbocycles. The predicted molar refractivity (Wildman–Crippen MR) is 179 cm³/mol. The minimum atomic E-state index is -0.568. The van der Waals surface area contributed by atoms with Gasteiger partial charge in [0, 0.05) is 22.3 Å². The molecule has 0 aliphatic rings. The van der Waals surface area contributed by atoms with Crippen LogP contribution in [0, 0.1) is 18.3 Å². The molecule has 2 N–H and O–H groups in total. The predicted octanol–water partition coefficient (Wildman–Crippen LogP) is 6.85. The number of allylic oxidation sites excluding steroid dienone is 4. The van der Waals surface area contributed by atoms with Gasteiger partial charge in [-0.3, -0.25) is 9.59 Å². The Morgan fingerprint density at radius 1 is 1.11 bits per heavy atom. The van der Waals surface area contributed by atoms with Crippen molar-refractivity contribution in [1.82, 2.24) is 35.1 Å². The SMILES string of the molecule is CC/C=C(\C(Cl)=C/CC)c1cn(Cc2cc(C(=O)Nc3c(C)cc(C#N)cc3C(=O)NC(C)(C)C)n(-c3ncccc3Cl)n2)nn1. The average Bonchev–Trinajstić information content (AvgIpc) is 3.63. The van der Waals surface area contributed by atoms with E-state index in [1.165, 1.54) is 10.7 Å². The standard InChI is InChI=1S/C33H35Cl2N9O2/c1-7-10-23(25(34)11-8-2)27-19-43(42-40-27)18-22-16-28(44(41-22)30-26(35)12-9-13-37-30)32(46)38-29-20(3)14-21(17-36)15-24(29)31(45)39-33(4,5)6/h9-16,19H,7-8,18H2,1-6H3,(H,38,46)(H,39,45)/b23-10+,25-11+. The highest BCUT2D eigenvalue weighted by Crippen LogP contribution is 2.28. The number of aromatic nitrogens is 6. The van der Waals surface area contributed by atoms with Gasteiger partial charge >= 0.3 is 0 Å². The number of anilines is 1. The second kappa shape index (κ2) is 14.5. The van der Waals surface area contributed by atoms with Crippen LogP contribution in [0.1, 0.15) is 90.8 Å². The molecule has 3 aromatic heterocycles. The molecule has 13 heteroatoms. The third-order valence-electron chi connectivity index (χ3n) is 6.56. The number of amides is 2. The molecule has 0 bridgehead atoms. The van der Waals surface area contributed by atoms with E-state index < -0.39 is 17.4 Å². The lowest BCUT2D eigenvalue weighted by Gasteiger charge is -2.22. The largest absolute Gasteiger partial charge is 0.347 e. The quantitative estimate of drug-likeness (QED) is 0.177. The molecule has 0 aliphatic carbocycles. The summed E-state index contributed by atoms with van der Waals surface area (Å²) in [5, 5.41) is 29.4. The molecule has 46 heavy (non-hydrogen) atoms. The molecule has 2 amide bonds. The molecule has 0 saturated carbocycles. The van der Waals surface area contributed by atoms with E-state index in [0.29, 0.717) is 22.0 Å². The number of nitrogens with one attached hydrogen (secondary N) is 2. The van der Waals surface area contributed by atoms with Gasteiger partial charge in [0.15, 0.2) is 5.82 Å². The number of aryl methyl sites for hydroxylation is 1. The molecule has 0 spiro atoms. The lowest BCUT2D eigenvalue weighted by molar-refractivity contribution is 0.0920. The Hall–Kier alpha value is -4.79. The lowest BCUT2D eigenvalue weighted by Crippen LogP contribution is -2.41. The van der Waals surface area contributed by atoms with Crippen molar-refractivity contribution in [2.45, 2.75) is 66.5 Å². The molecule has 3 heterocycles. The van der Waals surface area contributed by atoms with E-state index in [9.17, 15) is 14.9 Å². The number of hydrogen-bond donors (Lipinski definition) is 2. The van der Waals surface area contributed by atoms with Gasteiger partial charge in [-0.2, -0.15) is 10.4 Å². The van der Waals surface area contributed by atoms with Crippen molar-refractivity contribution in [3.63, 3.8) is 0 Å². The van der Waals surface area contributed by atoms with Crippen LogP contribution in [0.25, 0.3) is 11.4 Å². The molecular formula is C33H35Cl2N9O2. The normalized spacial score (nSPS) is 12.2. The van der Waals surface area contributed by atoms with Crippen LogP contribution < -0.4 is 10.6 Å². The Morgan fingerprint density at radius 3 is 2.50 bits per heavy atom. The summed E-state index contributed by atoms with van der Waals surface area (Å²) < 4.78 is 2.95. The molecule has 238 valence electrons. The molecule has 0 saturated heterocycles. The second-order valence-electron chi connectivity index (χ2n) is 11.5. The summed E-state index contributed by atoms with van der Waals surface area (Å²) in [5.41, 5.74) is 2.68. The van der Waals surface area contributed by atoms with Gasteiger partial charge in [-0.15, -0.1) is 5.10 Å². The molecule has 0 fully saturated rings. The highest BCUT2D eigenvalue weighted by atomic mass is 35.5. The van der Waals surface area contributed by atoms with Crippen LogP contribution in [0.4, 0.5) is 5.69 Å². The van der Waals surface area contributed by atoms with E-state index in [-0.39, 0.29) is 39.9 Å². The van der Waals surface area contributed by atoms with Crippen molar-refractivity contribution in [3.05, 3.63) is 98.7 Å². The summed E-state index contributed by atoms with van der Waals surface area (Å²) in [6.07, 6.45) is 8.76. The van der Waals surface area contributed by atoms with Crippen LogP contribution in [0.15, 0.2) is 59.9 Å². The Morgan fingerprint density at radius 2 is 1.85 bits per heavy atom. The van der Waals surface area contributed by atoms with Crippen LogP contribution in [-0.4, -0.2) is 47.1 Å². The second-order valence-corrected chi connectivity index (χ2v) is 12.3. The number of carbonyl (C=O) groups excluding carboxylic acids is 2. The van der Waals surface area contributed by atoms with Crippen molar-refractivity contribution in [3.8, 4) is 11.9 Å². The third-order valence-corrected chi connectivity index (χ3v) is 7.21. The number of carbonyl (C=O) groups is 2. The molecule has 0 unspecified atom stereocenters. The van der Waals surface area contributed by atoms with E-state index in [2.05, 4.69) is 37.1 Å². The first-order valence-electron chi connectivity index (χ1n) is 14.7. The van der Waals surface area contributed by atoms with Gasteiger partial charge in [-0.1, -0.05) is 54.4 Å². The topological polar surface area (TPSA) is 143 Å². The fraction of sp³-hybridized carbons (Fsp3) is 0.303. The maximum absolute atomic E-state index is 14.0. The molecular weight excluding hydrogens is 625 g/mol. The maximum atomic E-state index is 14.0. The van der Waals surface area contributed by atoms with E-state index >= 15 is 0 Å². The number of nitrogens with zero attached hydrogens (tertiary/aromatic N) is 7. The first-order chi connectivity index (χ1) is 21.8. The first-order valence-corrected chi connectivity index (χ1v) is 15.5. The highest BCUT2D eigenvalue weighted by molar-refractivity contribution is 6.36. The average molecular weight is 661 g/mol. The van der Waals surface area contributed by atoms with Crippen molar-refractivity contribution >= 4 is 46.3 Å². The number of nitriles is 1. The number of halogens is 2. The summed E-state index contributed by atoms with van der Waals surface area (Å²) in [6, 6.07) is 10.0. The lowest BCUT2D eigenvalue weighted by atomic mass is 10.0. The minimum Gasteiger partial charge on any atom is -0.347 e. The van der Waals surface area contributed by atoms with Crippen LogP contribution in [-0.2, 0) is 6.54 Å². The molecule has 4 aromatic rings. The number of benzene rings is 1. The summed E-state index contributed by atoms with van der Waals surface area (Å²) in [6.45, 7) is 11.4. The number of rotatable bonds is 10. The van der Waals surface area contributed by atoms with Gasteiger partial charge in [-0.25, -0.2) is 14.3 Å². The zero-order chi connectivity index (χ0) is 33.6. The van der Waals surface area contributed by atoms with Gasteiger partial charge in [0.25, 0.3) is 11.8 Å². The monoisotopic (exact) mass is 659 g/mol. The van der Waals surface area contributed by atoms with E-state index in [1.54, 1.807) is 48.3 Å². The van der Waals surface area contributed by atoms with Crippen LogP contribution in [0.5, 0.6) is 0 Å². The summed E-state index contributed by atoms with van der Waals surface area (Å²) >= 11 is 13.0. The minimum absolute atomic E-state index is 0.113. The number of hydrogen-bond acceptors (Lipinski definition) is 7. The van der Waals surface area contributed by atoms with Crippen molar-refractivity contribution in [2.24, 2.45) is 0 Å². The fourth-order valence-corrected chi connectivity index (χ4v) is 5.16. The van der Waals surface area contributed by atoms with Gasteiger partial charge in [0.05, 0.1) is 46.3 Å². The van der Waals surface area contributed by atoms with E-state index in [1.807, 2.05) is 46.8 Å². The molecule has 0 radical (unpaired) electrons. The van der Waals surface area contributed by atoms with Crippen molar-refractivity contribution in [1.29, 1.82) is 5.26 Å². The van der Waals surface area contributed by atoms with Gasteiger partial charge in [0.1, 0.15) is 11.4 Å². The van der Waals surface area contributed by atoms with Crippen LogP contribution >= 0.6 is 23.2 Å². The zero-order valence-electron chi connectivity index (χ0n) is 26.5. The van der Waals surface area contributed by atoms with Gasteiger partial charge in [-0.05, 0) is 76.4 Å². The Labute approximate surface area is 277 Å². The molecule has 11 nitrogen and oxygen atoms in total. The Kier molecular flexibility index (Phi) is 10.8. The smallest absolute Gasteiger partial charge is 0.274 e. The molecule has 4 rings (SSSR count). The first kappa shape index (κ1) is 34.1. The summed E-state index contributed by atoms with van der Waals surface area (Å²) in [4.78, 5) is 31.6. The van der Waals surface area contributed by atoms with Crippen molar-refractivity contribution < 1.29 is 9.59 Å². The van der Waals surface area contributed by atoms with Crippen molar-refractivity contribution in [2.75, 3.05) is 5.32 Å². The van der Waals surface area contributed by atoms with E-state index in [0.717, 1.165) is 18.4 Å². The number of pyridine rings is 1. The Bertz CT molecular complexity index is 1870. The molecule has 0 atom stereocenters. The van der Waals surface area contributed by atoms with Gasteiger partial charge < -0.3 is 10.6 Å².